The molecular weight excluding hydrogens is 188 g/mol. The lowest BCUT2D eigenvalue weighted by atomic mass is 9.82. The van der Waals surface area contributed by atoms with Crippen LogP contribution in [0.25, 0.3) is 0 Å². The summed E-state index contributed by atoms with van der Waals surface area (Å²) in [5.74, 6) is 0. The predicted octanol–water partition coefficient (Wildman–Crippen LogP) is 3.76. The van der Waals surface area contributed by atoms with Gasteiger partial charge in [-0.1, -0.05) is 41.9 Å². The van der Waals surface area contributed by atoms with Crippen molar-refractivity contribution in [1.82, 2.24) is 0 Å². The first-order chi connectivity index (χ1) is 4.50. The second-order valence-electron chi connectivity index (χ2n) is 3.46. The fourth-order valence-electron chi connectivity index (χ4n) is 0.722. The molecule has 0 aromatic heterocycles. The average molecular weight is 205 g/mol. The molecule has 0 saturated carbocycles. The van der Waals surface area contributed by atoms with Crippen LogP contribution in [0.4, 0.5) is 0 Å². The first-order valence-electron chi connectivity index (χ1n) is 3.72. The standard InChI is InChI=1S/C9H17Br/c1-8(2)9(3,4)6-5-7-10/h1,5-7H2,2-4H3. The van der Waals surface area contributed by atoms with E-state index in [2.05, 4.69) is 43.3 Å². The number of hydrogen-bond acceptors (Lipinski definition) is 0. The molecule has 0 aliphatic carbocycles. The van der Waals surface area contributed by atoms with Crippen molar-refractivity contribution in [3.05, 3.63) is 12.2 Å². The average Bonchev–Trinajstić information content (AvgIpc) is 1.84. The highest BCUT2D eigenvalue weighted by Gasteiger charge is 2.16. The summed E-state index contributed by atoms with van der Waals surface area (Å²) >= 11 is 3.42. The van der Waals surface area contributed by atoms with Crippen LogP contribution in [0.2, 0.25) is 0 Å². The van der Waals surface area contributed by atoms with Crippen molar-refractivity contribution in [2.24, 2.45) is 5.41 Å². The molecule has 0 unspecified atom stereocenters. The summed E-state index contributed by atoms with van der Waals surface area (Å²) < 4.78 is 0. The van der Waals surface area contributed by atoms with E-state index >= 15 is 0 Å². The molecule has 0 bridgehead atoms. The van der Waals surface area contributed by atoms with Gasteiger partial charge >= 0.3 is 0 Å². The highest BCUT2D eigenvalue weighted by atomic mass is 79.9. The Labute approximate surface area is 72.8 Å². The molecule has 0 saturated heterocycles. The summed E-state index contributed by atoms with van der Waals surface area (Å²) in [5, 5.41) is 1.10. The van der Waals surface area contributed by atoms with Crippen molar-refractivity contribution in [2.75, 3.05) is 5.33 Å². The maximum absolute atomic E-state index is 3.96. The molecular formula is C9H17Br. The SMILES string of the molecule is C=C(C)C(C)(C)CCCBr. The van der Waals surface area contributed by atoms with Gasteiger partial charge in [-0.15, -0.1) is 0 Å². The molecule has 0 spiro atoms. The molecule has 10 heavy (non-hydrogen) atoms. The molecule has 0 N–H and O–H groups in total. The van der Waals surface area contributed by atoms with E-state index in [-0.39, 0.29) is 0 Å². The minimum absolute atomic E-state index is 0.327. The van der Waals surface area contributed by atoms with E-state index in [0.717, 1.165) is 5.33 Å². The molecule has 0 aliphatic rings. The number of rotatable bonds is 4. The van der Waals surface area contributed by atoms with Crippen molar-refractivity contribution in [3.63, 3.8) is 0 Å². The highest BCUT2D eigenvalue weighted by Crippen LogP contribution is 2.29. The Morgan fingerprint density at radius 3 is 2.30 bits per heavy atom. The van der Waals surface area contributed by atoms with Crippen LogP contribution < -0.4 is 0 Å². The van der Waals surface area contributed by atoms with Gasteiger partial charge in [0.1, 0.15) is 0 Å². The fourth-order valence-corrected chi connectivity index (χ4v) is 1.00. The Balaban J connectivity index is 3.75. The summed E-state index contributed by atoms with van der Waals surface area (Å²) in [6, 6.07) is 0. The molecule has 0 aromatic rings. The lowest BCUT2D eigenvalue weighted by Crippen LogP contribution is -2.11. The van der Waals surface area contributed by atoms with E-state index in [1.165, 1.54) is 18.4 Å². The van der Waals surface area contributed by atoms with Crippen LogP contribution in [0.15, 0.2) is 12.2 Å². The van der Waals surface area contributed by atoms with E-state index in [1.54, 1.807) is 0 Å². The third-order valence-electron chi connectivity index (χ3n) is 2.09. The van der Waals surface area contributed by atoms with Crippen molar-refractivity contribution in [3.8, 4) is 0 Å². The Bertz CT molecular complexity index is 114. The minimum atomic E-state index is 0.327. The Morgan fingerprint density at radius 1 is 1.50 bits per heavy atom. The van der Waals surface area contributed by atoms with Crippen LogP contribution in [-0.4, -0.2) is 5.33 Å². The van der Waals surface area contributed by atoms with E-state index < -0.39 is 0 Å². The van der Waals surface area contributed by atoms with Crippen molar-refractivity contribution < 1.29 is 0 Å². The van der Waals surface area contributed by atoms with Gasteiger partial charge in [0.05, 0.1) is 0 Å². The maximum atomic E-state index is 3.96. The van der Waals surface area contributed by atoms with Crippen molar-refractivity contribution in [1.29, 1.82) is 0 Å². The van der Waals surface area contributed by atoms with Gasteiger partial charge in [0.25, 0.3) is 0 Å². The predicted molar refractivity (Wildman–Crippen MR) is 51.6 cm³/mol. The van der Waals surface area contributed by atoms with Gasteiger partial charge in [-0.25, -0.2) is 0 Å². The van der Waals surface area contributed by atoms with Crippen molar-refractivity contribution in [2.45, 2.75) is 33.6 Å². The zero-order valence-electron chi connectivity index (χ0n) is 7.21. The topological polar surface area (TPSA) is 0 Å². The molecule has 0 rings (SSSR count). The van der Waals surface area contributed by atoms with Crippen molar-refractivity contribution >= 4 is 15.9 Å². The molecule has 0 atom stereocenters. The Morgan fingerprint density at radius 2 is 2.00 bits per heavy atom. The van der Waals surface area contributed by atoms with E-state index in [0.29, 0.717) is 5.41 Å². The Kier molecular flexibility index (Phi) is 4.26. The summed E-state index contributed by atoms with van der Waals surface area (Å²) in [4.78, 5) is 0. The van der Waals surface area contributed by atoms with Crippen LogP contribution in [0.5, 0.6) is 0 Å². The van der Waals surface area contributed by atoms with Gasteiger partial charge < -0.3 is 0 Å². The first kappa shape index (κ1) is 10.2. The van der Waals surface area contributed by atoms with Crippen LogP contribution in [0.3, 0.4) is 0 Å². The minimum Gasteiger partial charge on any atom is -0.0996 e. The molecule has 60 valence electrons. The molecule has 0 fully saturated rings. The van der Waals surface area contributed by atoms with Crippen LogP contribution in [-0.2, 0) is 0 Å². The summed E-state index contributed by atoms with van der Waals surface area (Å²) in [6.07, 6.45) is 2.47. The van der Waals surface area contributed by atoms with E-state index in [4.69, 9.17) is 0 Å². The van der Waals surface area contributed by atoms with E-state index in [9.17, 15) is 0 Å². The lowest BCUT2D eigenvalue weighted by Gasteiger charge is -2.24. The van der Waals surface area contributed by atoms with Crippen LogP contribution in [0.1, 0.15) is 33.6 Å². The van der Waals surface area contributed by atoms with Gasteiger partial charge in [0, 0.05) is 5.33 Å². The highest BCUT2D eigenvalue weighted by molar-refractivity contribution is 9.09. The number of hydrogen-bond donors (Lipinski definition) is 0. The molecule has 0 heterocycles. The van der Waals surface area contributed by atoms with Crippen LogP contribution >= 0.6 is 15.9 Å². The number of alkyl halides is 1. The molecule has 1 heteroatoms. The van der Waals surface area contributed by atoms with E-state index in [1.807, 2.05) is 0 Å². The smallest absolute Gasteiger partial charge is 0.00316 e. The number of halogens is 1. The van der Waals surface area contributed by atoms with Gasteiger partial charge in [0.15, 0.2) is 0 Å². The lowest BCUT2D eigenvalue weighted by molar-refractivity contribution is 0.406. The second kappa shape index (κ2) is 4.17. The van der Waals surface area contributed by atoms with Gasteiger partial charge in [0.2, 0.25) is 0 Å². The quantitative estimate of drug-likeness (QED) is 0.484. The Hall–Kier alpha value is 0.220. The summed E-state index contributed by atoms with van der Waals surface area (Å²) in [5.41, 5.74) is 1.61. The molecule has 0 aromatic carbocycles. The first-order valence-corrected chi connectivity index (χ1v) is 4.85. The zero-order chi connectivity index (χ0) is 8.20. The summed E-state index contributed by atoms with van der Waals surface area (Å²) in [6.45, 7) is 10.6. The van der Waals surface area contributed by atoms with Gasteiger partial charge in [-0.2, -0.15) is 0 Å². The molecule has 0 nitrogen and oxygen atoms in total. The maximum Gasteiger partial charge on any atom is 0.00316 e. The van der Waals surface area contributed by atoms with Crippen LogP contribution in [0, 0.1) is 5.41 Å². The second-order valence-corrected chi connectivity index (χ2v) is 4.25. The molecule has 0 radical (unpaired) electrons. The third-order valence-corrected chi connectivity index (χ3v) is 2.65. The largest absolute Gasteiger partial charge is 0.0996 e. The fraction of sp³-hybridized carbons (Fsp3) is 0.778. The normalized spacial score (nSPS) is 11.6. The third kappa shape index (κ3) is 3.40. The molecule has 0 aliphatic heterocycles. The van der Waals surface area contributed by atoms with Gasteiger partial charge in [-0.3, -0.25) is 0 Å². The monoisotopic (exact) mass is 204 g/mol. The van der Waals surface area contributed by atoms with Gasteiger partial charge in [-0.05, 0) is 25.2 Å². The summed E-state index contributed by atoms with van der Waals surface area (Å²) in [7, 11) is 0. The zero-order valence-corrected chi connectivity index (χ0v) is 8.79. The number of allylic oxidation sites excluding steroid dienone is 1. The molecule has 0 amide bonds.